The van der Waals surface area contributed by atoms with Crippen LogP contribution in [0.15, 0.2) is 54.6 Å². The highest BCUT2D eigenvalue weighted by Crippen LogP contribution is 2.15. The van der Waals surface area contributed by atoms with E-state index in [0.29, 0.717) is 11.3 Å². The number of anilines is 1. The fraction of sp³-hybridized carbons (Fsp3) is 0.125. The molecule has 1 amide bonds. The summed E-state index contributed by atoms with van der Waals surface area (Å²) in [5.74, 6) is -0.222. The van der Waals surface area contributed by atoms with Crippen LogP contribution in [0.5, 0.6) is 5.75 Å². The van der Waals surface area contributed by atoms with Gasteiger partial charge in [0, 0.05) is 30.2 Å². The van der Waals surface area contributed by atoms with Crippen LogP contribution in [0.1, 0.15) is 23.2 Å². The molecule has 20 heavy (non-hydrogen) atoms. The Morgan fingerprint density at radius 1 is 0.950 bits per heavy atom. The molecular weight excluding hydrogens is 254 g/mol. The van der Waals surface area contributed by atoms with Crippen LogP contribution >= 0.6 is 0 Å². The normalized spacial score (nSPS) is 10.0. The summed E-state index contributed by atoms with van der Waals surface area (Å²) in [6.07, 6.45) is 0.276. The molecule has 0 saturated carbocycles. The van der Waals surface area contributed by atoms with Crippen molar-refractivity contribution in [3.63, 3.8) is 0 Å². The minimum absolute atomic E-state index is 0.0586. The first-order valence-electron chi connectivity index (χ1n) is 6.32. The standard InChI is InChI=1S/C16H15NO3/c18-14-8-4-7-13(11-14)17-16(20)10-9-15(19)12-5-2-1-3-6-12/h1-8,11,18H,9-10H2,(H,17,20). The number of carbonyl (C=O) groups is 2. The molecule has 2 rings (SSSR count). The lowest BCUT2D eigenvalue weighted by Gasteiger charge is -2.05. The summed E-state index contributed by atoms with van der Waals surface area (Å²) in [5, 5.41) is 11.9. The Morgan fingerprint density at radius 2 is 1.70 bits per heavy atom. The van der Waals surface area contributed by atoms with Gasteiger partial charge in [-0.1, -0.05) is 36.4 Å². The Kier molecular flexibility index (Phi) is 4.50. The fourth-order valence-electron chi connectivity index (χ4n) is 1.80. The van der Waals surface area contributed by atoms with Gasteiger partial charge in [-0.15, -0.1) is 0 Å². The Bertz CT molecular complexity index is 608. The summed E-state index contributed by atoms with van der Waals surface area (Å²) in [6, 6.07) is 15.2. The van der Waals surface area contributed by atoms with Gasteiger partial charge < -0.3 is 10.4 Å². The van der Waals surface area contributed by atoms with Gasteiger partial charge in [0.15, 0.2) is 5.78 Å². The van der Waals surface area contributed by atoms with E-state index in [2.05, 4.69) is 5.32 Å². The van der Waals surface area contributed by atoms with E-state index in [0.717, 1.165) is 0 Å². The van der Waals surface area contributed by atoms with Crippen LogP contribution in [0.4, 0.5) is 5.69 Å². The first kappa shape index (κ1) is 13.8. The second kappa shape index (κ2) is 6.52. The van der Waals surface area contributed by atoms with E-state index in [9.17, 15) is 14.7 Å². The van der Waals surface area contributed by atoms with E-state index in [1.807, 2.05) is 6.07 Å². The lowest BCUT2D eigenvalue weighted by atomic mass is 10.1. The van der Waals surface area contributed by atoms with Gasteiger partial charge in [-0.2, -0.15) is 0 Å². The number of benzene rings is 2. The first-order chi connectivity index (χ1) is 9.65. The number of ketones is 1. The molecule has 0 heterocycles. The van der Waals surface area contributed by atoms with E-state index in [1.54, 1.807) is 36.4 Å². The molecule has 0 aliphatic rings. The molecule has 0 atom stereocenters. The maximum absolute atomic E-state index is 11.8. The number of carbonyl (C=O) groups excluding carboxylic acids is 2. The predicted molar refractivity (Wildman–Crippen MR) is 76.7 cm³/mol. The van der Waals surface area contributed by atoms with Crippen molar-refractivity contribution in [3.8, 4) is 5.75 Å². The van der Waals surface area contributed by atoms with Gasteiger partial charge in [0.05, 0.1) is 0 Å². The molecule has 0 saturated heterocycles. The van der Waals surface area contributed by atoms with Gasteiger partial charge in [0.1, 0.15) is 5.75 Å². The minimum atomic E-state index is -0.250. The maximum Gasteiger partial charge on any atom is 0.224 e. The molecule has 0 radical (unpaired) electrons. The lowest BCUT2D eigenvalue weighted by molar-refractivity contribution is -0.116. The Morgan fingerprint density at radius 3 is 2.40 bits per heavy atom. The Balaban J connectivity index is 1.85. The molecule has 0 bridgehead atoms. The fourth-order valence-corrected chi connectivity index (χ4v) is 1.80. The summed E-state index contributed by atoms with van der Waals surface area (Å²) in [6.45, 7) is 0. The number of phenols is 1. The van der Waals surface area contributed by atoms with Gasteiger partial charge in [0.25, 0.3) is 0 Å². The van der Waals surface area contributed by atoms with Gasteiger partial charge in [-0.05, 0) is 12.1 Å². The van der Waals surface area contributed by atoms with E-state index < -0.39 is 0 Å². The van der Waals surface area contributed by atoms with Crippen molar-refractivity contribution in [2.24, 2.45) is 0 Å². The molecule has 0 aliphatic carbocycles. The van der Waals surface area contributed by atoms with Crippen molar-refractivity contribution in [1.82, 2.24) is 0 Å². The third-order valence-electron chi connectivity index (χ3n) is 2.80. The highest BCUT2D eigenvalue weighted by atomic mass is 16.3. The summed E-state index contributed by atoms with van der Waals surface area (Å²) in [4.78, 5) is 23.6. The number of hydrogen-bond acceptors (Lipinski definition) is 3. The highest BCUT2D eigenvalue weighted by molar-refractivity contribution is 5.99. The van der Waals surface area contributed by atoms with Crippen LogP contribution in [-0.4, -0.2) is 16.8 Å². The van der Waals surface area contributed by atoms with E-state index in [1.165, 1.54) is 12.1 Å². The molecule has 2 aromatic rings. The molecule has 0 unspecified atom stereocenters. The number of nitrogens with one attached hydrogen (secondary N) is 1. The van der Waals surface area contributed by atoms with Gasteiger partial charge in [-0.3, -0.25) is 9.59 Å². The molecular formula is C16H15NO3. The van der Waals surface area contributed by atoms with Crippen molar-refractivity contribution < 1.29 is 14.7 Å². The van der Waals surface area contributed by atoms with E-state index in [4.69, 9.17) is 0 Å². The van der Waals surface area contributed by atoms with Crippen molar-refractivity contribution >= 4 is 17.4 Å². The SMILES string of the molecule is O=C(CCC(=O)c1ccccc1)Nc1cccc(O)c1. The Labute approximate surface area is 117 Å². The van der Waals surface area contributed by atoms with Crippen molar-refractivity contribution in [3.05, 3.63) is 60.2 Å². The summed E-state index contributed by atoms with van der Waals surface area (Å²) in [7, 11) is 0. The average molecular weight is 269 g/mol. The van der Waals surface area contributed by atoms with Gasteiger partial charge in [0.2, 0.25) is 5.91 Å². The van der Waals surface area contributed by atoms with Crippen LogP contribution in [0.2, 0.25) is 0 Å². The van der Waals surface area contributed by atoms with Crippen molar-refractivity contribution in [2.75, 3.05) is 5.32 Å². The minimum Gasteiger partial charge on any atom is -0.508 e. The molecule has 0 fully saturated rings. The zero-order valence-corrected chi connectivity index (χ0v) is 10.9. The van der Waals surface area contributed by atoms with Gasteiger partial charge in [-0.25, -0.2) is 0 Å². The third-order valence-corrected chi connectivity index (χ3v) is 2.80. The largest absolute Gasteiger partial charge is 0.508 e. The van der Waals surface area contributed by atoms with Crippen LogP contribution in [-0.2, 0) is 4.79 Å². The maximum atomic E-state index is 11.8. The smallest absolute Gasteiger partial charge is 0.224 e. The number of phenolic OH excluding ortho intramolecular Hbond substituents is 1. The lowest BCUT2D eigenvalue weighted by Crippen LogP contribution is -2.13. The predicted octanol–water partition coefficient (Wildman–Crippen LogP) is 2.99. The van der Waals surface area contributed by atoms with Gasteiger partial charge >= 0.3 is 0 Å². The van der Waals surface area contributed by atoms with Crippen LogP contribution in [0, 0.1) is 0 Å². The molecule has 2 aromatic carbocycles. The van der Waals surface area contributed by atoms with E-state index >= 15 is 0 Å². The quantitative estimate of drug-likeness (QED) is 0.820. The molecule has 0 aliphatic heterocycles. The second-order valence-electron chi connectivity index (χ2n) is 4.39. The Hall–Kier alpha value is -2.62. The number of aromatic hydroxyl groups is 1. The second-order valence-corrected chi connectivity index (χ2v) is 4.39. The zero-order valence-electron chi connectivity index (χ0n) is 10.9. The van der Waals surface area contributed by atoms with Crippen molar-refractivity contribution in [2.45, 2.75) is 12.8 Å². The molecule has 4 heteroatoms. The van der Waals surface area contributed by atoms with E-state index in [-0.39, 0.29) is 30.3 Å². The molecule has 4 nitrogen and oxygen atoms in total. The van der Waals surface area contributed by atoms with Crippen molar-refractivity contribution in [1.29, 1.82) is 0 Å². The summed E-state index contributed by atoms with van der Waals surface area (Å²) >= 11 is 0. The molecule has 0 spiro atoms. The van der Waals surface area contributed by atoms with Crippen LogP contribution < -0.4 is 5.32 Å². The first-order valence-corrected chi connectivity index (χ1v) is 6.32. The molecule has 2 N–H and O–H groups in total. The average Bonchev–Trinajstić information content (AvgIpc) is 2.46. The highest BCUT2D eigenvalue weighted by Gasteiger charge is 2.09. The monoisotopic (exact) mass is 269 g/mol. The topological polar surface area (TPSA) is 66.4 Å². The number of Topliss-reactive ketones (excluding diaryl/α,β-unsaturated/α-hetero) is 1. The third kappa shape index (κ3) is 3.95. The molecule has 102 valence electrons. The van der Waals surface area contributed by atoms with Crippen LogP contribution in [0.3, 0.4) is 0 Å². The molecule has 0 aromatic heterocycles. The summed E-state index contributed by atoms with van der Waals surface area (Å²) < 4.78 is 0. The van der Waals surface area contributed by atoms with Crippen LogP contribution in [0.25, 0.3) is 0 Å². The number of hydrogen-bond donors (Lipinski definition) is 2. The number of amides is 1. The number of rotatable bonds is 5. The summed E-state index contributed by atoms with van der Waals surface area (Å²) in [5.41, 5.74) is 1.12. The zero-order chi connectivity index (χ0) is 14.4.